The van der Waals surface area contributed by atoms with Gasteiger partial charge in [-0.1, -0.05) is 0 Å². The first-order valence-corrected chi connectivity index (χ1v) is 7.78. The molecule has 0 spiro atoms. The van der Waals surface area contributed by atoms with Crippen LogP contribution in [-0.4, -0.2) is 48.2 Å². The first-order chi connectivity index (χ1) is 10.9. The molecular weight excluding hydrogens is 292 g/mol. The molecule has 0 atom stereocenters. The van der Waals surface area contributed by atoms with E-state index in [1.54, 1.807) is 7.11 Å². The molecule has 1 saturated heterocycles. The van der Waals surface area contributed by atoms with Crippen molar-refractivity contribution in [3.05, 3.63) is 35.5 Å². The summed E-state index contributed by atoms with van der Waals surface area (Å²) in [7, 11) is 1.63. The highest BCUT2D eigenvalue weighted by molar-refractivity contribution is 5.98. The summed E-state index contributed by atoms with van der Waals surface area (Å²) in [5, 5.41) is 0.937. The van der Waals surface area contributed by atoms with Crippen LogP contribution in [0.3, 0.4) is 0 Å². The fourth-order valence-corrected chi connectivity index (χ4v) is 2.95. The van der Waals surface area contributed by atoms with Crippen LogP contribution in [0.15, 0.2) is 24.3 Å². The molecule has 0 radical (unpaired) electrons. The van der Waals surface area contributed by atoms with Crippen molar-refractivity contribution in [2.75, 3.05) is 26.8 Å². The van der Waals surface area contributed by atoms with Crippen molar-refractivity contribution < 1.29 is 14.3 Å². The minimum Gasteiger partial charge on any atom is -0.497 e. The SMILES string of the molecule is COc1ccc2cc(C(=O)N3CCOC(C)(C)C3)c(C)nc2c1. The van der Waals surface area contributed by atoms with E-state index in [9.17, 15) is 4.79 Å². The quantitative estimate of drug-likeness (QED) is 0.855. The van der Waals surface area contributed by atoms with Gasteiger partial charge in [-0.25, -0.2) is 0 Å². The number of ether oxygens (including phenoxy) is 2. The number of hydrogen-bond donors (Lipinski definition) is 0. The standard InChI is InChI=1S/C18H22N2O3/c1-12-15(17(21)20-7-8-23-18(2,3)11-20)9-13-5-6-14(22-4)10-16(13)19-12/h5-6,9-10H,7-8,11H2,1-4H3. The summed E-state index contributed by atoms with van der Waals surface area (Å²) in [6.45, 7) is 7.65. The number of aromatic nitrogens is 1. The average molecular weight is 314 g/mol. The minimum atomic E-state index is -0.306. The van der Waals surface area contributed by atoms with E-state index in [-0.39, 0.29) is 11.5 Å². The third-order valence-corrected chi connectivity index (χ3v) is 4.16. The molecule has 2 aromatic rings. The van der Waals surface area contributed by atoms with Crippen LogP contribution in [0.4, 0.5) is 0 Å². The second-order valence-electron chi connectivity index (χ2n) is 6.51. The monoisotopic (exact) mass is 314 g/mol. The molecule has 1 amide bonds. The largest absolute Gasteiger partial charge is 0.497 e. The van der Waals surface area contributed by atoms with Gasteiger partial charge in [-0.15, -0.1) is 0 Å². The van der Waals surface area contributed by atoms with Gasteiger partial charge in [-0.3, -0.25) is 9.78 Å². The Hall–Kier alpha value is -2.14. The van der Waals surface area contributed by atoms with Crippen molar-refractivity contribution in [1.29, 1.82) is 0 Å². The molecule has 1 aliphatic heterocycles. The van der Waals surface area contributed by atoms with Gasteiger partial charge in [0.1, 0.15) is 5.75 Å². The van der Waals surface area contributed by atoms with E-state index in [2.05, 4.69) is 4.98 Å². The van der Waals surface area contributed by atoms with Crippen LogP contribution < -0.4 is 4.74 Å². The van der Waals surface area contributed by atoms with E-state index in [4.69, 9.17) is 9.47 Å². The number of fused-ring (bicyclic) bond motifs is 1. The van der Waals surface area contributed by atoms with Crippen molar-refractivity contribution in [2.45, 2.75) is 26.4 Å². The molecule has 2 heterocycles. The summed E-state index contributed by atoms with van der Waals surface area (Å²) in [4.78, 5) is 19.3. The molecule has 1 aromatic heterocycles. The zero-order valence-corrected chi connectivity index (χ0v) is 14.0. The van der Waals surface area contributed by atoms with Gasteiger partial charge in [0.25, 0.3) is 5.91 Å². The van der Waals surface area contributed by atoms with Gasteiger partial charge in [-0.05, 0) is 39.0 Å². The van der Waals surface area contributed by atoms with Crippen molar-refractivity contribution >= 4 is 16.8 Å². The Kier molecular flexibility index (Phi) is 3.98. The Morgan fingerprint density at radius 1 is 1.35 bits per heavy atom. The molecule has 1 aliphatic rings. The summed E-state index contributed by atoms with van der Waals surface area (Å²) >= 11 is 0. The highest BCUT2D eigenvalue weighted by atomic mass is 16.5. The number of hydrogen-bond acceptors (Lipinski definition) is 4. The lowest BCUT2D eigenvalue weighted by Crippen LogP contribution is -2.50. The molecular formula is C18H22N2O3. The topological polar surface area (TPSA) is 51.7 Å². The van der Waals surface area contributed by atoms with Crippen LogP contribution in [0.5, 0.6) is 5.75 Å². The van der Waals surface area contributed by atoms with Gasteiger partial charge < -0.3 is 14.4 Å². The minimum absolute atomic E-state index is 0.0177. The highest BCUT2D eigenvalue weighted by Gasteiger charge is 2.31. The van der Waals surface area contributed by atoms with Gasteiger partial charge >= 0.3 is 0 Å². The fourth-order valence-electron chi connectivity index (χ4n) is 2.95. The summed E-state index contributed by atoms with van der Waals surface area (Å²) in [5.41, 5.74) is 1.92. The molecule has 5 heteroatoms. The van der Waals surface area contributed by atoms with Gasteiger partial charge in [0.05, 0.1) is 36.1 Å². The lowest BCUT2D eigenvalue weighted by molar-refractivity contribution is -0.0764. The van der Waals surface area contributed by atoms with Crippen molar-refractivity contribution in [2.24, 2.45) is 0 Å². The summed E-state index contributed by atoms with van der Waals surface area (Å²) < 4.78 is 10.9. The van der Waals surface area contributed by atoms with E-state index < -0.39 is 0 Å². The van der Waals surface area contributed by atoms with Crippen molar-refractivity contribution in [3.63, 3.8) is 0 Å². The number of amides is 1. The van der Waals surface area contributed by atoms with Crippen LogP contribution in [0, 0.1) is 6.92 Å². The number of aryl methyl sites for hydroxylation is 1. The van der Waals surface area contributed by atoms with Crippen molar-refractivity contribution in [3.8, 4) is 5.75 Å². The number of nitrogens with zero attached hydrogens (tertiary/aromatic N) is 2. The molecule has 122 valence electrons. The third-order valence-electron chi connectivity index (χ3n) is 4.16. The molecule has 23 heavy (non-hydrogen) atoms. The second kappa shape index (κ2) is 5.81. The van der Waals surface area contributed by atoms with Gasteiger partial charge in [0.15, 0.2) is 0 Å². The molecule has 1 fully saturated rings. The molecule has 5 nitrogen and oxygen atoms in total. The number of benzene rings is 1. The first-order valence-electron chi connectivity index (χ1n) is 7.78. The zero-order chi connectivity index (χ0) is 16.6. The second-order valence-corrected chi connectivity index (χ2v) is 6.51. The van der Waals surface area contributed by atoms with Crippen LogP contribution in [0.1, 0.15) is 29.9 Å². The van der Waals surface area contributed by atoms with Crippen molar-refractivity contribution in [1.82, 2.24) is 9.88 Å². The van der Waals surface area contributed by atoms with E-state index in [0.717, 1.165) is 22.3 Å². The number of rotatable bonds is 2. The van der Waals surface area contributed by atoms with E-state index in [1.165, 1.54) is 0 Å². The number of pyridine rings is 1. The lowest BCUT2D eigenvalue weighted by atomic mass is 10.0. The predicted octanol–water partition coefficient (Wildman–Crippen LogP) is 2.80. The Morgan fingerprint density at radius 3 is 2.83 bits per heavy atom. The summed E-state index contributed by atoms with van der Waals surface area (Å²) in [6, 6.07) is 7.61. The molecule has 3 rings (SSSR count). The number of carbonyl (C=O) groups excluding carboxylic acids is 1. The van der Waals surface area contributed by atoms with Gasteiger partial charge in [-0.2, -0.15) is 0 Å². The molecule has 0 aliphatic carbocycles. The lowest BCUT2D eigenvalue weighted by Gasteiger charge is -2.38. The maximum Gasteiger partial charge on any atom is 0.255 e. The smallest absolute Gasteiger partial charge is 0.255 e. The normalized spacial score (nSPS) is 17.3. The number of methoxy groups -OCH3 is 1. The van der Waals surface area contributed by atoms with E-state index in [1.807, 2.05) is 49.9 Å². The Morgan fingerprint density at radius 2 is 2.13 bits per heavy atom. The molecule has 0 N–H and O–H groups in total. The number of morpholine rings is 1. The average Bonchev–Trinajstić information content (AvgIpc) is 2.52. The number of carbonyl (C=O) groups is 1. The maximum absolute atomic E-state index is 12.9. The maximum atomic E-state index is 12.9. The van der Waals surface area contributed by atoms with E-state index >= 15 is 0 Å². The van der Waals surface area contributed by atoms with Crippen LogP contribution in [0.25, 0.3) is 10.9 Å². The Labute approximate surface area is 136 Å². The molecule has 1 aromatic carbocycles. The summed E-state index contributed by atoms with van der Waals surface area (Å²) in [5.74, 6) is 0.780. The first kappa shape index (κ1) is 15.7. The zero-order valence-electron chi connectivity index (χ0n) is 14.0. The fraction of sp³-hybridized carbons (Fsp3) is 0.444. The van der Waals surface area contributed by atoms with Gasteiger partial charge in [0, 0.05) is 24.5 Å². The van der Waals surface area contributed by atoms with Gasteiger partial charge in [0.2, 0.25) is 0 Å². The molecule has 0 unspecified atom stereocenters. The van der Waals surface area contributed by atoms with Crippen LogP contribution in [-0.2, 0) is 4.74 Å². The van der Waals surface area contributed by atoms with Crippen LogP contribution in [0.2, 0.25) is 0 Å². The third kappa shape index (κ3) is 3.15. The van der Waals surface area contributed by atoms with Crippen LogP contribution >= 0.6 is 0 Å². The Bertz CT molecular complexity index is 755. The van der Waals surface area contributed by atoms with E-state index in [0.29, 0.717) is 25.3 Å². The molecule has 0 bridgehead atoms. The summed E-state index contributed by atoms with van der Waals surface area (Å²) in [6.07, 6.45) is 0. The molecule has 0 saturated carbocycles. The highest BCUT2D eigenvalue weighted by Crippen LogP contribution is 2.24. The predicted molar refractivity (Wildman–Crippen MR) is 89.0 cm³/mol. The Balaban J connectivity index is 1.95.